The van der Waals surface area contributed by atoms with E-state index in [0.717, 1.165) is 45.2 Å². The summed E-state index contributed by atoms with van der Waals surface area (Å²) in [6.45, 7) is 7.67. The van der Waals surface area contributed by atoms with Gasteiger partial charge in [-0.3, -0.25) is 4.79 Å². The minimum absolute atomic E-state index is 0.153. The zero-order valence-corrected chi connectivity index (χ0v) is 18.5. The molecule has 5 heteroatoms. The van der Waals surface area contributed by atoms with Crippen LogP contribution in [0.25, 0.3) is 16.8 Å². The van der Waals surface area contributed by atoms with Crippen LogP contribution in [0.3, 0.4) is 0 Å². The van der Waals surface area contributed by atoms with Crippen molar-refractivity contribution in [1.82, 2.24) is 14.6 Å². The molecule has 30 heavy (non-hydrogen) atoms. The Morgan fingerprint density at radius 2 is 1.63 bits per heavy atom. The Morgan fingerprint density at radius 1 is 1.00 bits per heavy atom. The van der Waals surface area contributed by atoms with Gasteiger partial charge in [-0.05, 0) is 38.8 Å². The predicted octanol–water partition coefficient (Wildman–Crippen LogP) is 5.67. The van der Waals surface area contributed by atoms with Gasteiger partial charge in [0.1, 0.15) is 10.8 Å². The first-order chi connectivity index (χ1) is 14.5. The summed E-state index contributed by atoms with van der Waals surface area (Å²) in [5, 5.41) is 5.70. The lowest BCUT2D eigenvalue weighted by Gasteiger charge is -2.16. The van der Waals surface area contributed by atoms with Crippen molar-refractivity contribution in [3.8, 4) is 11.1 Å². The van der Waals surface area contributed by atoms with Gasteiger partial charge in [0.05, 0.1) is 10.9 Å². The number of carbonyl (C=O) groups is 1. The Bertz CT molecular complexity index is 1200. The number of nitrogens with zero attached hydrogens (tertiary/aromatic N) is 3. The van der Waals surface area contributed by atoms with Gasteiger partial charge in [-0.25, -0.2) is 9.50 Å². The van der Waals surface area contributed by atoms with Crippen LogP contribution in [-0.2, 0) is 11.2 Å². The van der Waals surface area contributed by atoms with Gasteiger partial charge in [-0.2, -0.15) is 5.10 Å². The molecule has 2 heterocycles. The molecule has 4 rings (SSSR count). The van der Waals surface area contributed by atoms with E-state index in [1.165, 1.54) is 5.56 Å². The summed E-state index contributed by atoms with van der Waals surface area (Å²) in [7, 11) is 0. The van der Waals surface area contributed by atoms with Gasteiger partial charge in [-0.15, -0.1) is 0 Å². The molecule has 4 aromatic rings. The molecule has 1 atom stereocenters. The second-order valence-corrected chi connectivity index (χ2v) is 8.91. The number of aromatic nitrogens is 3. The molecule has 0 aliphatic heterocycles. The zero-order chi connectivity index (χ0) is 21.3. The fourth-order valence-electron chi connectivity index (χ4n) is 3.59. The van der Waals surface area contributed by atoms with Crippen molar-refractivity contribution in [3.63, 3.8) is 0 Å². The van der Waals surface area contributed by atoms with Crippen LogP contribution in [0, 0.1) is 13.8 Å². The predicted molar refractivity (Wildman–Crippen MR) is 123 cm³/mol. The summed E-state index contributed by atoms with van der Waals surface area (Å²) in [5.41, 5.74) is 7.22. The molecule has 0 aliphatic carbocycles. The van der Waals surface area contributed by atoms with E-state index in [9.17, 15) is 4.79 Å². The maximum absolute atomic E-state index is 12.1. The highest BCUT2D eigenvalue weighted by Crippen LogP contribution is 2.35. The Hall–Kier alpha value is -2.92. The quantitative estimate of drug-likeness (QED) is 0.300. The second kappa shape index (κ2) is 8.44. The van der Waals surface area contributed by atoms with Crippen LogP contribution >= 0.6 is 11.8 Å². The number of Topliss-reactive ketones (excluding diaryl/α,β-unsaturated/α-hetero) is 1. The van der Waals surface area contributed by atoms with E-state index in [1.54, 1.807) is 18.7 Å². The van der Waals surface area contributed by atoms with Crippen LogP contribution in [0.2, 0.25) is 0 Å². The first-order valence-corrected chi connectivity index (χ1v) is 11.0. The molecule has 4 nitrogen and oxygen atoms in total. The summed E-state index contributed by atoms with van der Waals surface area (Å²) in [6, 6.07) is 20.6. The highest BCUT2D eigenvalue weighted by atomic mass is 32.2. The first kappa shape index (κ1) is 20.4. The molecule has 0 saturated carbocycles. The number of thioether (sulfide) groups is 1. The maximum Gasteiger partial charge on any atom is 0.164 e. The number of benzene rings is 2. The summed E-state index contributed by atoms with van der Waals surface area (Å²) < 4.78 is 1.94. The Morgan fingerprint density at radius 3 is 2.27 bits per heavy atom. The normalized spacial score (nSPS) is 12.3. The molecule has 0 spiro atoms. The molecular weight excluding hydrogens is 390 g/mol. The van der Waals surface area contributed by atoms with E-state index >= 15 is 0 Å². The topological polar surface area (TPSA) is 47.3 Å². The Kier molecular flexibility index (Phi) is 5.73. The number of hydrogen-bond acceptors (Lipinski definition) is 4. The summed E-state index contributed by atoms with van der Waals surface area (Å²) in [4.78, 5) is 17.1. The Balaban J connectivity index is 1.95. The van der Waals surface area contributed by atoms with Crippen molar-refractivity contribution < 1.29 is 4.79 Å². The van der Waals surface area contributed by atoms with Crippen LogP contribution in [0.5, 0.6) is 0 Å². The van der Waals surface area contributed by atoms with Gasteiger partial charge in [-0.1, -0.05) is 72.4 Å². The smallest absolute Gasteiger partial charge is 0.164 e. The molecule has 2 aromatic carbocycles. The number of hydrogen-bond donors (Lipinski definition) is 0. The van der Waals surface area contributed by atoms with E-state index in [4.69, 9.17) is 10.1 Å². The lowest BCUT2D eigenvalue weighted by atomic mass is 10.0. The first-order valence-electron chi connectivity index (χ1n) is 10.1. The molecule has 0 fully saturated rings. The van der Waals surface area contributed by atoms with E-state index in [2.05, 4.69) is 31.2 Å². The largest absolute Gasteiger partial charge is 0.299 e. The van der Waals surface area contributed by atoms with Crippen LogP contribution in [-0.4, -0.2) is 25.6 Å². The lowest BCUT2D eigenvalue weighted by molar-refractivity contribution is -0.116. The van der Waals surface area contributed by atoms with E-state index in [1.807, 2.05) is 54.8 Å². The number of ketones is 1. The monoisotopic (exact) mass is 415 g/mol. The van der Waals surface area contributed by atoms with Crippen molar-refractivity contribution in [2.75, 3.05) is 0 Å². The molecule has 2 aromatic heterocycles. The summed E-state index contributed by atoms with van der Waals surface area (Å²) in [5.74, 6) is 0.153. The third kappa shape index (κ3) is 3.90. The summed E-state index contributed by atoms with van der Waals surface area (Å²) in [6.07, 6.45) is 0.752. The van der Waals surface area contributed by atoms with Gasteiger partial charge in [0.2, 0.25) is 0 Å². The van der Waals surface area contributed by atoms with Crippen molar-refractivity contribution in [2.45, 2.75) is 44.4 Å². The molecule has 0 N–H and O–H groups in total. The molecular formula is C25H25N3OS. The molecule has 0 unspecified atom stereocenters. The van der Waals surface area contributed by atoms with E-state index in [0.29, 0.717) is 0 Å². The number of carbonyl (C=O) groups excluding carboxylic acids is 1. The fraction of sp³-hybridized carbons (Fsp3) is 0.240. The van der Waals surface area contributed by atoms with Crippen LogP contribution in [0.4, 0.5) is 0 Å². The van der Waals surface area contributed by atoms with Crippen molar-refractivity contribution in [1.29, 1.82) is 0 Å². The number of fused-ring (bicyclic) bond motifs is 1. The average Bonchev–Trinajstić information content (AvgIpc) is 3.07. The number of rotatable bonds is 6. The van der Waals surface area contributed by atoms with Gasteiger partial charge in [0.15, 0.2) is 5.65 Å². The van der Waals surface area contributed by atoms with E-state index in [-0.39, 0.29) is 11.0 Å². The standard InChI is InChI=1S/C25H25N3OS/c1-16-22(15-20-11-7-5-8-12-20)25(30-19(4)18(3)29)28-24(26-16)23(17(2)27-28)21-13-9-6-10-14-21/h5-14,19H,15H2,1-4H3/t19-/m1/s1. The zero-order valence-electron chi connectivity index (χ0n) is 17.7. The third-order valence-corrected chi connectivity index (χ3v) is 6.67. The maximum atomic E-state index is 12.1. The van der Waals surface area contributed by atoms with E-state index < -0.39 is 0 Å². The molecule has 152 valence electrons. The molecule has 0 aliphatic rings. The molecule has 0 amide bonds. The van der Waals surface area contributed by atoms with Crippen molar-refractivity contribution in [3.05, 3.63) is 83.2 Å². The van der Waals surface area contributed by atoms with Crippen LogP contribution < -0.4 is 0 Å². The highest BCUT2D eigenvalue weighted by Gasteiger charge is 2.23. The van der Waals surface area contributed by atoms with Crippen LogP contribution in [0.15, 0.2) is 65.7 Å². The van der Waals surface area contributed by atoms with Gasteiger partial charge in [0, 0.05) is 23.2 Å². The molecule has 0 bridgehead atoms. The minimum atomic E-state index is -0.158. The Labute approximate surface area is 181 Å². The van der Waals surface area contributed by atoms with Gasteiger partial charge < -0.3 is 0 Å². The van der Waals surface area contributed by atoms with Crippen molar-refractivity contribution >= 4 is 23.2 Å². The average molecular weight is 416 g/mol. The summed E-state index contributed by atoms with van der Waals surface area (Å²) >= 11 is 1.57. The van der Waals surface area contributed by atoms with Crippen molar-refractivity contribution in [2.24, 2.45) is 0 Å². The van der Waals surface area contributed by atoms with Gasteiger partial charge >= 0.3 is 0 Å². The molecule has 0 radical (unpaired) electrons. The number of aryl methyl sites for hydroxylation is 2. The fourth-order valence-corrected chi connectivity index (χ4v) is 4.68. The lowest BCUT2D eigenvalue weighted by Crippen LogP contribution is -2.12. The van der Waals surface area contributed by atoms with Crippen LogP contribution in [0.1, 0.15) is 36.4 Å². The highest BCUT2D eigenvalue weighted by molar-refractivity contribution is 8.00. The second-order valence-electron chi connectivity index (χ2n) is 7.58. The third-order valence-electron chi connectivity index (χ3n) is 5.34. The van der Waals surface area contributed by atoms with Gasteiger partial charge in [0.25, 0.3) is 0 Å². The minimum Gasteiger partial charge on any atom is -0.299 e. The molecule has 0 saturated heterocycles. The SMILES string of the molecule is CC(=O)[C@@H](C)Sc1c(Cc2ccccc2)c(C)nc2c(-c3ccccc3)c(C)nn12.